The molecule has 0 unspecified atom stereocenters. The second kappa shape index (κ2) is 7.98. The summed E-state index contributed by atoms with van der Waals surface area (Å²) in [7, 11) is 2.10. The summed E-state index contributed by atoms with van der Waals surface area (Å²) in [5.74, 6) is 0.212. The molecule has 0 atom stereocenters. The quantitative estimate of drug-likeness (QED) is 0.712. The number of carbonyl (C=O) groups is 1. The molecule has 1 aliphatic heterocycles. The van der Waals surface area contributed by atoms with Crippen LogP contribution in [0.2, 0.25) is 0 Å². The van der Waals surface area contributed by atoms with E-state index in [1.807, 2.05) is 42.3 Å². The average molecular weight is 378 g/mol. The van der Waals surface area contributed by atoms with Gasteiger partial charge in [0.05, 0.1) is 6.42 Å². The number of aryl methyl sites for hydroxylation is 1. The predicted molar refractivity (Wildman–Crippen MR) is 110 cm³/mol. The molecule has 3 aromatic rings. The van der Waals surface area contributed by atoms with Gasteiger partial charge in [-0.15, -0.1) is 0 Å². The van der Waals surface area contributed by atoms with Gasteiger partial charge in [0, 0.05) is 55.7 Å². The summed E-state index contributed by atoms with van der Waals surface area (Å²) >= 11 is 0. The molecule has 28 heavy (non-hydrogen) atoms. The number of fused-ring (bicyclic) bond motifs is 1. The van der Waals surface area contributed by atoms with E-state index >= 15 is 0 Å². The van der Waals surface area contributed by atoms with Crippen LogP contribution in [0.15, 0.2) is 36.5 Å². The monoisotopic (exact) mass is 378 g/mol. The number of hydrogen-bond acceptors (Lipinski definition) is 5. The van der Waals surface area contributed by atoms with Crippen molar-refractivity contribution >= 4 is 22.6 Å². The summed E-state index contributed by atoms with van der Waals surface area (Å²) in [5, 5.41) is 11.6. The highest BCUT2D eigenvalue weighted by molar-refractivity contribution is 5.79. The van der Waals surface area contributed by atoms with Gasteiger partial charge in [-0.1, -0.05) is 12.1 Å². The normalized spacial score (nSPS) is 15.1. The van der Waals surface area contributed by atoms with E-state index < -0.39 is 0 Å². The maximum atomic E-state index is 12.5. The van der Waals surface area contributed by atoms with E-state index in [1.165, 1.54) is 0 Å². The number of nitrogens with one attached hydrogen (secondary N) is 2. The van der Waals surface area contributed by atoms with Crippen LogP contribution in [-0.4, -0.2) is 64.1 Å². The van der Waals surface area contributed by atoms with E-state index in [1.54, 1.807) is 0 Å². The Morgan fingerprint density at radius 2 is 1.89 bits per heavy atom. The van der Waals surface area contributed by atoms with Crippen LogP contribution in [0.1, 0.15) is 16.8 Å². The molecular formula is C21H26N6O. The largest absolute Gasteiger partial charge is 0.381 e. The first-order valence-corrected chi connectivity index (χ1v) is 9.67. The highest BCUT2D eigenvalue weighted by Gasteiger charge is 2.18. The maximum absolute atomic E-state index is 12.5. The first-order chi connectivity index (χ1) is 13.6. The number of H-pyrrole nitrogens is 1. The molecule has 0 bridgehead atoms. The molecule has 146 valence electrons. The second-order valence-electron chi connectivity index (χ2n) is 7.47. The number of carbonyl (C=O) groups excluding carboxylic acids is 1. The maximum Gasteiger partial charge on any atom is 0.227 e. The number of benzene rings is 1. The number of aromatic amines is 1. The highest BCUT2D eigenvalue weighted by Crippen LogP contribution is 2.17. The Balaban J connectivity index is 1.32. The third-order valence-corrected chi connectivity index (χ3v) is 5.32. The van der Waals surface area contributed by atoms with Gasteiger partial charge < -0.3 is 15.1 Å². The van der Waals surface area contributed by atoms with Gasteiger partial charge in [-0.25, -0.2) is 4.98 Å². The van der Waals surface area contributed by atoms with E-state index in [9.17, 15) is 4.79 Å². The topological polar surface area (TPSA) is 77.1 Å². The van der Waals surface area contributed by atoms with Crippen molar-refractivity contribution in [3.8, 4) is 0 Å². The molecule has 2 N–H and O–H groups in total. The van der Waals surface area contributed by atoms with Crippen LogP contribution < -0.4 is 5.32 Å². The molecule has 1 amide bonds. The highest BCUT2D eigenvalue weighted by atomic mass is 16.2. The number of likely N-dealkylation sites (N-methyl/N-ethyl adjacent to an activating group) is 1. The number of hydrogen-bond donors (Lipinski definition) is 2. The third kappa shape index (κ3) is 4.14. The summed E-state index contributed by atoms with van der Waals surface area (Å²) in [6.45, 7) is 6.23. The molecule has 0 spiro atoms. The van der Waals surface area contributed by atoms with Crippen LogP contribution in [0.25, 0.3) is 11.0 Å². The number of pyridine rings is 1. The zero-order valence-electron chi connectivity index (χ0n) is 16.4. The zero-order valence-corrected chi connectivity index (χ0v) is 16.4. The van der Waals surface area contributed by atoms with Gasteiger partial charge in [0.1, 0.15) is 0 Å². The Hall–Kier alpha value is -2.93. The number of anilines is 1. The molecule has 4 rings (SSSR count). The van der Waals surface area contributed by atoms with Gasteiger partial charge in [0.25, 0.3) is 0 Å². The smallest absolute Gasteiger partial charge is 0.227 e. The molecule has 2 aromatic heterocycles. The first kappa shape index (κ1) is 18.4. The lowest BCUT2D eigenvalue weighted by Gasteiger charge is -2.32. The number of piperazine rings is 1. The number of amides is 1. The van der Waals surface area contributed by atoms with E-state index in [0.29, 0.717) is 13.0 Å². The van der Waals surface area contributed by atoms with Crippen molar-refractivity contribution in [3.05, 3.63) is 53.3 Å². The van der Waals surface area contributed by atoms with Crippen molar-refractivity contribution in [2.24, 2.45) is 0 Å². The van der Waals surface area contributed by atoms with Gasteiger partial charge in [-0.3, -0.25) is 9.89 Å². The van der Waals surface area contributed by atoms with Crippen LogP contribution >= 0.6 is 0 Å². The Labute approximate surface area is 164 Å². The van der Waals surface area contributed by atoms with E-state index in [4.69, 9.17) is 0 Å². The molecular weight excluding hydrogens is 352 g/mol. The van der Waals surface area contributed by atoms with Gasteiger partial charge in [0.2, 0.25) is 5.91 Å². The van der Waals surface area contributed by atoms with E-state index in [0.717, 1.165) is 59.7 Å². The van der Waals surface area contributed by atoms with Crippen LogP contribution in [-0.2, 0) is 17.8 Å². The Morgan fingerprint density at radius 3 is 2.64 bits per heavy atom. The van der Waals surface area contributed by atoms with Crippen LogP contribution in [0.5, 0.6) is 0 Å². The van der Waals surface area contributed by atoms with Gasteiger partial charge in [-0.05, 0) is 43.3 Å². The lowest BCUT2D eigenvalue weighted by atomic mass is 10.1. The summed E-state index contributed by atoms with van der Waals surface area (Å²) in [6.07, 6.45) is 2.31. The summed E-state index contributed by atoms with van der Waals surface area (Å²) in [4.78, 5) is 21.1. The molecule has 7 nitrogen and oxygen atoms in total. The summed E-state index contributed by atoms with van der Waals surface area (Å²) in [6, 6.07) is 10.2. The fourth-order valence-electron chi connectivity index (χ4n) is 3.45. The van der Waals surface area contributed by atoms with Gasteiger partial charge in [-0.2, -0.15) is 5.10 Å². The minimum atomic E-state index is 0.212. The fourth-order valence-corrected chi connectivity index (χ4v) is 3.45. The summed E-state index contributed by atoms with van der Waals surface area (Å²) < 4.78 is 0. The average Bonchev–Trinajstić information content (AvgIpc) is 3.08. The van der Waals surface area contributed by atoms with Gasteiger partial charge >= 0.3 is 0 Å². The van der Waals surface area contributed by atoms with E-state index in [2.05, 4.69) is 38.5 Å². The SMILES string of the molecule is Cc1[nH]nc2ncc(CNc3ccc(CC(=O)N4CCN(C)CC4)cc3)cc12. The molecule has 1 fully saturated rings. The van der Waals surface area contributed by atoms with Crippen LogP contribution in [0.4, 0.5) is 5.69 Å². The van der Waals surface area contributed by atoms with Crippen molar-refractivity contribution in [2.45, 2.75) is 19.9 Å². The minimum Gasteiger partial charge on any atom is -0.381 e. The minimum absolute atomic E-state index is 0.212. The lowest BCUT2D eigenvalue weighted by molar-refractivity contribution is -0.132. The molecule has 1 aromatic carbocycles. The number of nitrogens with zero attached hydrogens (tertiary/aromatic N) is 4. The molecule has 1 aliphatic rings. The Kier molecular flexibility index (Phi) is 5.25. The molecule has 0 saturated carbocycles. The molecule has 3 heterocycles. The second-order valence-corrected chi connectivity index (χ2v) is 7.47. The molecule has 7 heteroatoms. The first-order valence-electron chi connectivity index (χ1n) is 9.67. The number of aromatic nitrogens is 3. The molecule has 1 saturated heterocycles. The van der Waals surface area contributed by atoms with Crippen LogP contribution in [0, 0.1) is 6.92 Å². The zero-order chi connectivity index (χ0) is 19.5. The number of rotatable bonds is 5. The predicted octanol–water partition coefficient (Wildman–Crippen LogP) is 2.19. The molecule has 0 radical (unpaired) electrons. The Bertz CT molecular complexity index is 957. The standard InChI is InChI=1S/C21H26N6O/c1-15-19-11-17(14-23-21(19)25-24-15)13-22-18-5-3-16(4-6-18)12-20(28)27-9-7-26(2)8-10-27/h3-6,11,14,22H,7-10,12-13H2,1-2H3,(H,23,24,25). The third-order valence-electron chi connectivity index (χ3n) is 5.32. The van der Waals surface area contributed by atoms with Crippen molar-refractivity contribution in [3.63, 3.8) is 0 Å². The van der Waals surface area contributed by atoms with Crippen molar-refractivity contribution in [2.75, 3.05) is 38.5 Å². The fraction of sp³-hybridized carbons (Fsp3) is 0.381. The van der Waals surface area contributed by atoms with Crippen molar-refractivity contribution in [1.82, 2.24) is 25.0 Å². The molecule has 0 aliphatic carbocycles. The lowest BCUT2D eigenvalue weighted by Crippen LogP contribution is -2.47. The van der Waals surface area contributed by atoms with E-state index in [-0.39, 0.29) is 5.91 Å². The summed E-state index contributed by atoms with van der Waals surface area (Å²) in [5.41, 5.74) is 4.95. The van der Waals surface area contributed by atoms with Crippen molar-refractivity contribution in [1.29, 1.82) is 0 Å². The van der Waals surface area contributed by atoms with Crippen molar-refractivity contribution < 1.29 is 4.79 Å². The van der Waals surface area contributed by atoms with Crippen LogP contribution in [0.3, 0.4) is 0 Å². The van der Waals surface area contributed by atoms with Gasteiger partial charge in [0.15, 0.2) is 5.65 Å². The Morgan fingerprint density at radius 1 is 1.14 bits per heavy atom.